The van der Waals surface area contributed by atoms with E-state index in [1.54, 1.807) is 0 Å². The summed E-state index contributed by atoms with van der Waals surface area (Å²) in [6, 6.07) is 32.8. The van der Waals surface area contributed by atoms with Crippen molar-refractivity contribution in [2.45, 2.75) is 49.6 Å². The maximum absolute atomic E-state index is 11.8. The Bertz CT molecular complexity index is 2890. The lowest BCUT2D eigenvalue weighted by molar-refractivity contribution is -0.671. The molecule has 2 N–H and O–H groups in total. The first kappa shape index (κ1) is 55.2. The van der Waals surface area contributed by atoms with Crippen LogP contribution in [-0.2, 0) is 61.7 Å². The molecule has 0 radical (unpaired) electrons. The van der Waals surface area contributed by atoms with Crippen LogP contribution in [0.3, 0.4) is 0 Å². The number of rotatable bonds is 12. The Hall–Kier alpha value is -5.52. The molecule has 2 aromatic heterocycles. The van der Waals surface area contributed by atoms with Crippen LogP contribution in [-0.4, -0.2) is 143 Å². The molecule has 1 saturated carbocycles. The first-order valence-corrected chi connectivity index (χ1v) is 29.2. The van der Waals surface area contributed by atoms with Crippen molar-refractivity contribution in [2.24, 2.45) is 0 Å². The number of hydrogen-bond acceptors (Lipinski definition) is 14. The van der Waals surface area contributed by atoms with Gasteiger partial charge in [0.1, 0.15) is 39.5 Å². The quantitative estimate of drug-likeness (QED) is 0.103. The number of ether oxygens (including phenoxy) is 10. The van der Waals surface area contributed by atoms with Gasteiger partial charge in [-0.1, -0.05) is 36.4 Å². The maximum Gasteiger partial charge on any atom is 0.265 e. The average molecular weight is 1090 g/mol. The van der Waals surface area contributed by atoms with Crippen LogP contribution in [0.2, 0.25) is 0 Å². The zero-order chi connectivity index (χ0) is 52.7. The van der Waals surface area contributed by atoms with Crippen molar-refractivity contribution >= 4 is 42.0 Å². The Balaban J connectivity index is 1.22. The number of para-hydroxylation sites is 2. The number of nitrogens with zero attached hydrogens (tertiary/aromatic N) is 2. The monoisotopic (exact) mass is 1090 g/mol. The smallest absolute Gasteiger partial charge is 0.265 e. The Kier molecular flexibility index (Phi) is 19.4. The molecule has 9 rings (SSSR count). The van der Waals surface area contributed by atoms with Crippen molar-refractivity contribution in [3.63, 3.8) is 0 Å². The predicted molar refractivity (Wildman–Crippen MR) is 281 cm³/mol. The van der Waals surface area contributed by atoms with Gasteiger partial charge < -0.3 is 47.4 Å². The van der Waals surface area contributed by atoms with Crippen molar-refractivity contribution in [1.29, 1.82) is 0 Å². The van der Waals surface area contributed by atoms with Gasteiger partial charge in [0.15, 0.2) is 35.4 Å². The summed E-state index contributed by atoms with van der Waals surface area (Å²) in [7, 11) is -8.34. The lowest BCUT2D eigenvalue weighted by Gasteiger charge is -2.54. The van der Waals surface area contributed by atoms with Gasteiger partial charge in [-0.05, 0) is 82.3 Å². The van der Waals surface area contributed by atoms with Crippen molar-refractivity contribution in [2.75, 3.05) is 117 Å². The third-order valence-electron chi connectivity index (χ3n) is 13.9. The Morgan fingerprint density at radius 1 is 0.395 bits per heavy atom. The number of aromatic nitrogens is 2. The highest BCUT2D eigenvalue weighted by Crippen LogP contribution is 2.68. The Morgan fingerprint density at radius 3 is 1.08 bits per heavy atom. The van der Waals surface area contributed by atoms with Gasteiger partial charge in [-0.25, -0.2) is 0 Å². The average Bonchev–Trinajstić information content (AvgIpc) is 3.41. The molecule has 6 aromatic rings. The minimum atomic E-state index is -4.17. The van der Waals surface area contributed by atoms with Gasteiger partial charge in [-0.15, -0.1) is 0 Å². The predicted octanol–water partition coefficient (Wildman–Crippen LogP) is 6.21. The van der Waals surface area contributed by atoms with E-state index in [9.17, 15) is 25.9 Å². The van der Waals surface area contributed by atoms with Crippen LogP contribution in [0.5, 0.6) is 23.0 Å². The molecule has 3 aliphatic rings. The molecule has 0 atom stereocenters. The molecule has 20 heteroatoms. The van der Waals surface area contributed by atoms with Crippen LogP contribution in [0.1, 0.15) is 58.8 Å². The van der Waals surface area contributed by atoms with E-state index in [0.717, 1.165) is 44.1 Å². The lowest BCUT2D eigenvalue weighted by atomic mass is 9.48. The molecule has 0 bridgehead atoms. The highest BCUT2D eigenvalue weighted by Gasteiger charge is 2.54. The van der Waals surface area contributed by atoms with E-state index in [0.29, 0.717) is 129 Å². The summed E-state index contributed by atoms with van der Waals surface area (Å²) < 4.78 is 131. The molecule has 4 aromatic carbocycles. The van der Waals surface area contributed by atoms with E-state index in [2.05, 4.69) is 48.5 Å². The number of fused-ring (bicyclic) bond motifs is 4. The summed E-state index contributed by atoms with van der Waals surface area (Å²) in [5.74, 6) is 0.658. The molecule has 76 heavy (non-hydrogen) atoms. The molecule has 0 unspecified atom stereocenters. The SMILES string of the molecule is O=S(=O)(O)CCC[n+]1ccc(C2C(c3ccc4c(c3)OCCOCCOCCOCCO4)C(c3cc[n+](CCCS(=O)(=O)O)c4ccccc34)C2c2ccc3c(c2)OCCOCCOCCOCCO3)c2ccccc21. The molecular formula is C56H68N2O16S2+2. The van der Waals surface area contributed by atoms with Crippen molar-refractivity contribution in [3.05, 3.63) is 132 Å². The van der Waals surface area contributed by atoms with Crippen molar-refractivity contribution < 1.29 is 82.4 Å². The van der Waals surface area contributed by atoms with E-state index >= 15 is 0 Å². The Labute approximate surface area is 444 Å². The van der Waals surface area contributed by atoms with Crippen LogP contribution in [0.25, 0.3) is 21.8 Å². The number of pyridine rings is 2. The molecule has 0 spiro atoms. The molecular weight excluding hydrogens is 1020 g/mol. The first-order chi connectivity index (χ1) is 37.0. The highest BCUT2D eigenvalue weighted by molar-refractivity contribution is 7.86. The number of hydrogen-bond donors (Lipinski definition) is 2. The number of aryl methyl sites for hydroxylation is 2. The largest absolute Gasteiger partial charge is 0.487 e. The summed E-state index contributed by atoms with van der Waals surface area (Å²) in [6.07, 6.45) is 4.43. The molecule has 2 aliphatic heterocycles. The molecule has 408 valence electrons. The molecule has 0 saturated heterocycles. The summed E-state index contributed by atoms with van der Waals surface area (Å²) >= 11 is 0. The minimum Gasteiger partial charge on any atom is -0.487 e. The molecule has 1 fully saturated rings. The topological polar surface area (TPSA) is 209 Å². The van der Waals surface area contributed by atoms with Gasteiger partial charge in [0.05, 0.1) is 90.8 Å². The standard InChI is InChI=1S/C56H66N2O16S2/c59-75(60,61)37-5-17-57-19-15-45(43-7-1-3-9-47(43)57)55-53(41-11-13-49-51(39-41)73-35-31-69-27-23-65-21-25-67-29-33-71-49)56(46-16-20-58(18-6-38-76(62,63)64)48-10-4-2-8-44(46)48)54(55)42-12-14-50-52(40-42)74-36-32-70-28-24-66-22-26-68-30-34-72-50/h1-4,7-16,19-20,39-40,53-56H,5-6,17-18,21-38H2/p+2. The molecule has 4 heterocycles. The second kappa shape index (κ2) is 26.7. The van der Waals surface area contributed by atoms with E-state index in [-0.39, 0.29) is 61.2 Å². The minimum absolute atomic E-state index is 0.209. The van der Waals surface area contributed by atoms with Gasteiger partial charge in [0.2, 0.25) is 11.0 Å². The summed E-state index contributed by atoms with van der Waals surface area (Å²) in [4.78, 5) is 0. The van der Waals surface area contributed by atoms with Crippen molar-refractivity contribution in [3.8, 4) is 23.0 Å². The summed E-state index contributed by atoms with van der Waals surface area (Å²) in [5.41, 5.74) is 5.93. The fourth-order valence-electron chi connectivity index (χ4n) is 10.6. The second-order valence-corrected chi connectivity index (χ2v) is 22.0. The maximum atomic E-state index is 11.8. The van der Waals surface area contributed by atoms with Crippen LogP contribution in [0, 0.1) is 0 Å². The van der Waals surface area contributed by atoms with E-state index in [1.165, 1.54) is 0 Å². The van der Waals surface area contributed by atoms with Gasteiger partial charge in [0.25, 0.3) is 20.2 Å². The summed E-state index contributed by atoms with van der Waals surface area (Å²) in [5, 5.41) is 1.96. The zero-order valence-electron chi connectivity index (χ0n) is 42.6. The van der Waals surface area contributed by atoms with Gasteiger partial charge in [0, 0.05) is 47.9 Å². The normalized spacial score (nSPS) is 21.1. The number of benzene rings is 4. The Morgan fingerprint density at radius 2 is 0.724 bits per heavy atom. The molecule has 0 amide bonds. The fraction of sp³-hybridized carbons (Fsp3) is 0.464. The zero-order valence-corrected chi connectivity index (χ0v) is 44.2. The third-order valence-corrected chi connectivity index (χ3v) is 15.5. The first-order valence-electron chi connectivity index (χ1n) is 26.0. The second-order valence-electron chi connectivity index (χ2n) is 18.8. The van der Waals surface area contributed by atoms with Gasteiger partial charge in [-0.2, -0.15) is 26.0 Å². The molecule has 18 nitrogen and oxygen atoms in total. The molecule has 1 aliphatic carbocycles. The van der Waals surface area contributed by atoms with E-state index in [4.69, 9.17) is 47.4 Å². The third kappa shape index (κ3) is 14.5. The van der Waals surface area contributed by atoms with Crippen LogP contribution in [0.4, 0.5) is 0 Å². The van der Waals surface area contributed by atoms with Crippen LogP contribution >= 0.6 is 0 Å². The van der Waals surface area contributed by atoms with Gasteiger partial charge >= 0.3 is 0 Å². The lowest BCUT2D eigenvalue weighted by Crippen LogP contribution is -2.42. The van der Waals surface area contributed by atoms with Crippen LogP contribution < -0.4 is 28.1 Å². The van der Waals surface area contributed by atoms with Crippen LogP contribution in [0.15, 0.2) is 109 Å². The highest BCUT2D eigenvalue weighted by atomic mass is 32.2. The summed E-state index contributed by atoms with van der Waals surface area (Å²) in [6.45, 7) is 6.65. The van der Waals surface area contributed by atoms with E-state index < -0.39 is 20.2 Å². The fourth-order valence-corrected chi connectivity index (χ4v) is 11.6. The van der Waals surface area contributed by atoms with Crippen molar-refractivity contribution in [1.82, 2.24) is 0 Å². The van der Waals surface area contributed by atoms with Gasteiger partial charge in [-0.3, -0.25) is 9.11 Å². The van der Waals surface area contributed by atoms with E-state index in [1.807, 2.05) is 70.1 Å².